The lowest BCUT2D eigenvalue weighted by molar-refractivity contribution is -0.687. The van der Waals surface area contributed by atoms with Crippen molar-refractivity contribution in [2.75, 3.05) is 11.9 Å². The van der Waals surface area contributed by atoms with Crippen molar-refractivity contribution in [3.05, 3.63) is 82.6 Å². The van der Waals surface area contributed by atoms with Crippen molar-refractivity contribution in [3.8, 4) is 5.75 Å². The van der Waals surface area contributed by atoms with E-state index in [1.54, 1.807) is 47.3 Å². The Morgan fingerprint density at radius 1 is 1.07 bits per heavy atom. The maximum atomic E-state index is 13.0. The van der Waals surface area contributed by atoms with Gasteiger partial charge < -0.3 is 10.1 Å². The first kappa shape index (κ1) is 22.0. The van der Waals surface area contributed by atoms with E-state index >= 15 is 0 Å². The summed E-state index contributed by atoms with van der Waals surface area (Å²) in [6.45, 7) is 0.138. The number of rotatable bonds is 7. The molecular formula is C20H16Cl2FN2O4S+. The molecule has 3 aromatic rings. The van der Waals surface area contributed by atoms with Crippen LogP contribution in [0.15, 0.2) is 71.9 Å². The summed E-state index contributed by atoms with van der Waals surface area (Å²) in [7, 11) is -4.73. The van der Waals surface area contributed by atoms with Crippen molar-refractivity contribution in [1.82, 2.24) is 0 Å². The number of halogens is 3. The minimum absolute atomic E-state index is 0.232. The van der Waals surface area contributed by atoms with E-state index in [4.69, 9.17) is 27.9 Å². The zero-order chi connectivity index (χ0) is 21.7. The van der Waals surface area contributed by atoms with E-state index in [1.807, 2.05) is 0 Å². The molecule has 0 atom stereocenters. The number of anilines is 1. The lowest BCUT2D eigenvalue weighted by Gasteiger charge is -2.09. The Labute approximate surface area is 183 Å². The molecule has 0 fully saturated rings. The first-order valence-electron chi connectivity index (χ1n) is 8.62. The van der Waals surface area contributed by atoms with Crippen LogP contribution in [-0.4, -0.2) is 20.9 Å². The third-order valence-corrected chi connectivity index (χ3v) is 5.62. The molecule has 1 heterocycles. The minimum Gasteiger partial charge on any atom is -0.482 e. The maximum absolute atomic E-state index is 13.0. The van der Waals surface area contributed by atoms with Crippen LogP contribution in [0.25, 0.3) is 0 Å². The van der Waals surface area contributed by atoms with Gasteiger partial charge in [-0.1, -0.05) is 41.4 Å². The van der Waals surface area contributed by atoms with Crippen LogP contribution in [0.4, 0.5) is 9.57 Å². The van der Waals surface area contributed by atoms with Gasteiger partial charge in [-0.05, 0) is 30.3 Å². The van der Waals surface area contributed by atoms with E-state index in [1.165, 1.54) is 24.3 Å². The molecule has 0 aliphatic rings. The Hall–Kier alpha value is -2.68. The molecule has 0 bridgehead atoms. The van der Waals surface area contributed by atoms with Crippen molar-refractivity contribution in [1.29, 1.82) is 0 Å². The molecule has 1 aromatic heterocycles. The number of amides is 1. The Kier molecular flexibility index (Phi) is 6.91. The number of carbonyl (C=O) groups is 1. The fourth-order valence-electron chi connectivity index (χ4n) is 2.60. The van der Waals surface area contributed by atoms with E-state index < -0.39 is 15.1 Å². The predicted molar refractivity (Wildman–Crippen MR) is 111 cm³/mol. The summed E-state index contributed by atoms with van der Waals surface area (Å²) >= 11 is 11.9. The molecule has 2 aromatic carbocycles. The lowest BCUT2D eigenvalue weighted by atomic mass is 10.2. The Morgan fingerprint density at radius 3 is 2.50 bits per heavy atom. The van der Waals surface area contributed by atoms with Crippen LogP contribution in [0.1, 0.15) is 5.56 Å². The van der Waals surface area contributed by atoms with Crippen molar-refractivity contribution >= 4 is 45.0 Å². The second-order valence-corrected chi connectivity index (χ2v) is 8.37. The number of ether oxygens (including phenoxy) is 1. The van der Waals surface area contributed by atoms with Crippen LogP contribution in [0.2, 0.25) is 10.0 Å². The first-order valence-corrected chi connectivity index (χ1v) is 10.8. The van der Waals surface area contributed by atoms with Crippen LogP contribution in [0.5, 0.6) is 5.75 Å². The van der Waals surface area contributed by atoms with Crippen LogP contribution < -0.4 is 14.6 Å². The summed E-state index contributed by atoms with van der Waals surface area (Å²) < 4.78 is 41.9. The second-order valence-electron chi connectivity index (χ2n) is 6.24. The highest BCUT2D eigenvalue weighted by Crippen LogP contribution is 2.31. The molecule has 30 heavy (non-hydrogen) atoms. The smallest absolute Gasteiger partial charge is 0.332 e. The van der Waals surface area contributed by atoms with Gasteiger partial charge in [-0.15, -0.1) is 3.89 Å². The first-order chi connectivity index (χ1) is 14.2. The molecule has 0 saturated heterocycles. The van der Waals surface area contributed by atoms with Gasteiger partial charge in [-0.2, -0.15) is 13.0 Å². The number of benzene rings is 2. The number of nitrogens with one attached hydrogen (secondary N) is 1. The molecule has 156 valence electrons. The quantitative estimate of drug-likeness (QED) is 0.419. The van der Waals surface area contributed by atoms with Crippen LogP contribution in [0.3, 0.4) is 0 Å². The van der Waals surface area contributed by atoms with Crippen molar-refractivity contribution in [3.63, 3.8) is 0 Å². The monoisotopic (exact) mass is 469 g/mol. The average Bonchev–Trinajstić information content (AvgIpc) is 2.69. The standard InChI is InChI=1S/C20H15Cl2FN2O4S/c21-17-4-1-5-18(20(17)22)29-13-19(26)24-15-3-2-10-25(12-15)11-14-6-8-16(9-7-14)30(23,27)28/h1-10,12H,11,13H2/p+1. The Bertz CT molecular complexity index is 1170. The van der Waals surface area contributed by atoms with Gasteiger partial charge in [-0.25, -0.2) is 0 Å². The van der Waals surface area contributed by atoms with Crippen molar-refractivity contribution in [2.45, 2.75) is 11.4 Å². The molecule has 1 amide bonds. The summed E-state index contributed by atoms with van der Waals surface area (Å²) in [4.78, 5) is 11.8. The van der Waals surface area contributed by atoms with E-state index in [0.717, 1.165) is 5.56 Å². The summed E-state index contributed by atoms with van der Waals surface area (Å²) in [5.74, 6) is -0.0810. The molecule has 3 rings (SSSR count). The zero-order valence-electron chi connectivity index (χ0n) is 15.4. The van der Waals surface area contributed by atoms with E-state index in [-0.39, 0.29) is 17.5 Å². The van der Waals surface area contributed by atoms with Crippen molar-refractivity contribution in [2.24, 2.45) is 0 Å². The number of aromatic nitrogens is 1. The second kappa shape index (κ2) is 9.42. The number of pyridine rings is 1. The minimum atomic E-state index is -4.73. The highest BCUT2D eigenvalue weighted by atomic mass is 35.5. The molecule has 0 spiro atoms. The van der Waals surface area contributed by atoms with Gasteiger partial charge in [0.05, 0.1) is 9.92 Å². The van der Waals surface area contributed by atoms with Gasteiger partial charge in [0.2, 0.25) is 0 Å². The average molecular weight is 470 g/mol. The molecule has 0 saturated carbocycles. The number of hydrogen-bond acceptors (Lipinski definition) is 4. The molecule has 0 aliphatic carbocycles. The summed E-state index contributed by atoms with van der Waals surface area (Å²) in [5, 5.41) is 3.27. The molecule has 0 unspecified atom stereocenters. The van der Waals surface area contributed by atoms with Crippen LogP contribution >= 0.6 is 23.2 Å². The molecule has 1 N–H and O–H groups in total. The highest BCUT2D eigenvalue weighted by molar-refractivity contribution is 7.86. The van der Waals surface area contributed by atoms with Crippen molar-refractivity contribution < 1.29 is 26.4 Å². The summed E-state index contributed by atoms with van der Waals surface area (Å²) in [6.07, 6.45) is 3.47. The fourth-order valence-corrected chi connectivity index (χ4v) is 3.41. The SMILES string of the molecule is O=C(COc1cccc(Cl)c1Cl)Nc1ccc[n+](Cc2ccc(S(=O)(=O)F)cc2)c1. The molecule has 0 radical (unpaired) electrons. The van der Waals surface area contributed by atoms with Gasteiger partial charge in [-0.3, -0.25) is 4.79 Å². The zero-order valence-corrected chi connectivity index (χ0v) is 17.7. The normalized spacial score (nSPS) is 11.2. The van der Waals surface area contributed by atoms with Gasteiger partial charge in [0.25, 0.3) is 5.91 Å². The third kappa shape index (κ3) is 5.91. The Morgan fingerprint density at radius 2 is 1.80 bits per heavy atom. The molecule has 10 heteroatoms. The predicted octanol–water partition coefficient (Wildman–Crippen LogP) is 4.00. The molecule has 0 aliphatic heterocycles. The van der Waals surface area contributed by atoms with E-state index in [2.05, 4.69) is 5.32 Å². The number of carbonyl (C=O) groups excluding carboxylic acids is 1. The summed E-state index contributed by atoms with van der Waals surface area (Å²) in [5.41, 5.74) is 1.29. The summed E-state index contributed by atoms with van der Waals surface area (Å²) in [6, 6.07) is 13.8. The van der Waals surface area contributed by atoms with Gasteiger partial charge in [0, 0.05) is 11.6 Å². The topological polar surface area (TPSA) is 76.3 Å². The van der Waals surface area contributed by atoms with Crippen LogP contribution in [-0.2, 0) is 21.6 Å². The molecular weight excluding hydrogens is 454 g/mol. The Balaban J connectivity index is 1.61. The fraction of sp³-hybridized carbons (Fsp3) is 0.100. The highest BCUT2D eigenvalue weighted by Gasteiger charge is 2.13. The largest absolute Gasteiger partial charge is 0.482 e. The lowest BCUT2D eigenvalue weighted by Crippen LogP contribution is -2.34. The molecule has 6 nitrogen and oxygen atoms in total. The maximum Gasteiger partial charge on any atom is 0.332 e. The number of hydrogen-bond donors (Lipinski definition) is 1. The van der Waals surface area contributed by atoms with E-state index in [9.17, 15) is 17.1 Å². The number of nitrogens with zero attached hydrogens (tertiary/aromatic N) is 1. The van der Waals surface area contributed by atoms with Gasteiger partial charge in [0.1, 0.15) is 16.5 Å². The van der Waals surface area contributed by atoms with E-state index in [0.29, 0.717) is 23.0 Å². The van der Waals surface area contributed by atoms with Crippen LogP contribution in [0, 0.1) is 0 Å². The third-order valence-electron chi connectivity index (χ3n) is 3.99. The van der Waals surface area contributed by atoms with Gasteiger partial charge >= 0.3 is 10.2 Å². The van der Waals surface area contributed by atoms with Gasteiger partial charge in [0.15, 0.2) is 25.5 Å².